The predicted molar refractivity (Wildman–Crippen MR) is 91.3 cm³/mol. The van der Waals surface area contributed by atoms with E-state index in [0.29, 0.717) is 22.0 Å². The number of ketones is 1. The molecule has 0 unspecified atom stereocenters. The van der Waals surface area contributed by atoms with Gasteiger partial charge in [-0.1, -0.05) is 23.2 Å². The number of carbonyl (C=O) groups is 2. The summed E-state index contributed by atoms with van der Waals surface area (Å²) in [7, 11) is 0. The predicted octanol–water partition coefficient (Wildman–Crippen LogP) is 4.96. The molecule has 1 saturated heterocycles. The lowest BCUT2D eigenvalue weighted by molar-refractivity contribution is 0.0160. The van der Waals surface area contributed by atoms with Crippen LogP contribution < -0.4 is 0 Å². The first-order chi connectivity index (χ1) is 10.6. The zero-order valence-electron chi connectivity index (χ0n) is 13.7. The topological polar surface area (TPSA) is 46.6 Å². The number of amides is 1. The van der Waals surface area contributed by atoms with Crippen molar-refractivity contribution in [3.63, 3.8) is 0 Å². The summed E-state index contributed by atoms with van der Waals surface area (Å²) in [6.45, 7) is 7.34. The molecule has 1 aliphatic heterocycles. The summed E-state index contributed by atoms with van der Waals surface area (Å²) in [6, 6.07) is 4.20. The second-order valence-electron chi connectivity index (χ2n) is 6.82. The molecule has 4 nitrogen and oxygen atoms in total. The first kappa shape index (κ1) is 18.1. The number of likely N-dealkylation sites (tertiary alicyclic amines) is 1. The van der Waals surface area contributed by atoms with E-state index in [1.807, 2.05) is 6.92 Å². The van der Waals surface area contributed by atoms with Crippen LogP contribution in [-0.4, -0.2) is 34.5 Å². The van der Waals surface area contributed by atoms with Gasteiger partial charge in [-0.25, -0.2) is 4.79 Å². The number of Topliss-reactive ketones (excluding diaryl/α,β-unsaturated/α-hetero) is 1. The van der Waals surface area contributed by atoms with Gasteiger partial charge in [0.1, 0.15) is 5.60 Å². The highest BCUT2D eigenvalue weighted by Crippen LogP contribution is 2.30. The van der Waals surface area contributed by atoms with Crippen LogP contribution >= 0.6 is 23.2 Å². The molecule has 1 fully saturated rings. The molecule has 1 amide bonds. The second kappa shape index (κ2) is 6.70. The molecule has 1 aromatic rings. The SMILES string of the molecule is C[C@H]1CC[C@@H](C(=O)c2ccc(Cl)c(Cl)c2)N1C(=O)OC(C)(C)C. The van der Waals surface area contributed by atoms with E-state index >= 15 is 0 Å². The van der Waals surface area contributed by atoms with Gasteiger partial charge in [0.15, 0.2) is 5.78 Å². The largest absolute Gasteiger partial charge is 0.444 e. The molecule has 1 heterocycles. The van der Waals surface area contributed by atoms with Gasteiger partial charge in [0.05, 0.1) is 16.1 Å². The summed E-state index contributed by atoms with van der Waals surface area (Å²) in [6.07, 6.45) is 0.914. The maximum absolute atomic E-state index is 12.8. The van der Waals surface area contributed by atoms with Crippen molar-refractivity contribution in [2.75, 3.05) is 0 Å². The number of rotatable bonds is 2. The minimum atomic E-state index is -0.601. The van der Waals surface area contributed by atoms with E-state index in [0.717, 1.165) is 6.42 Å². The van der Waals surface area contributed by atoms with Crippen LogP contribution in [0.15, 0.2) is 18.2 Å². The van der Waals surface area contributed by atoms with E-state index in [-0.39, 0.29) is 11.8 Å². The lowest BCUT2D eigenvalue weighted by atomic mass is 10.0. The molecule has 6 heteroatoms. The van der Waals surface area contributed by atoms with Gasteiger partial charge in [-0.15, -0.1) is 0 Å². The highest BCUT2D eigenvalue weighted by Gasteiger charge is 2.41. The molecule has 23 heavy (non-hydrogen) atoms. The minimum Gasteiger partial charge on any atom is -0.444 e. The van der Waals surface area contributed by atoms with Crippen molar-refractivity contribution in [3.05, 3.63) is 33.8 Å². The average molecular weight is 358 g/mol. The number of halogens is 2. The molecular weight excluding hydrogens is 337 g/mol. The van der Waals surface area contributed by atoms with E-state index in [4.69, 9.17) is 27.9 Å². The molecule has 0 radical (unpaired) electrons. The molecule has 0 saturated carbocycles. The van der Waals surface area contributed by atoms with Crippen LogP contribution in [0.1, 0.15) is 50.9 Å². The number of benzene rings is 1. The molecule has 0 aromatic heterocycles. The minimum absolute atomic E-state index is 0.0402. The van der Waals surface area contributed by atoms with E-state index in [9.17, 15) is 9.59 Å². The monoisotopic (exact) mass is 357 g/mol. The van der Waals surface area contributed by atoms with Crippen molar-refractivity contribution in [3.8, 4) is 0 Å². The number of carbonyl (C=O) groups excluding carboxylic acids is 2. The summed E-state index contributed by atoms with van der Waals surface area (Å²) in [5.41, 5.74) is -0.150. The Balaban J connectivity index is 2.24. The summed E-state index contributed by atoms with van der Waals surface area (Å²) in [5.74, 6) is -0.140. The number of hydrogen-bond donors (Lipinski definition) is 0. The maximum Gasteiger partial charge on any atom is 0.411 e. The Morgan fingerprint density at radius 3 is 2.39 bits per heavy atom. The van der Waals surface area contributed by atoms with Crippen molar-refractivity contribution in [1.82, 2.24) is 4.90 Å². The summed E-state index contributed by atoms with van der Waals surface area (Å²) in [5, 5.41) is 0.722. The summed E-state index contributed by atoms with van der Waals surface area (Å²) >= 11 is 11.9. The Morgan fingerprint density at radius 2 is 1.83 bits per heavy atom. The van der Waals surface area contributed by atoms with Crippen molar-refractivity contribution >= 4 is 35.1 Å². The Kier molecular flexibility index (Phi) is 5.27. The van der Waals surface area contributed by atoms with Gasteiger partial charge in [-0.3, -0.25) is 9.69 Å². The maximum atomic E-state index is 12.8. The van der Waals surface area contributed by atoms with Crippen LogP contribution in [0, 0.1) is 0 Å². The molecule has 2 rings (SSSR count). The van der Waals surface area contributed by atoms with Crippen LogP contribution in [0.3, 0.4) is 0 Å². The molecule has 0 N–H and O–H groups in total. The fraction of sp³-hybridized carbons (Fsp3) is 0.529. The first-order valence-corrected chi connectivity index (χ1v) is 8.36. The van der Waals surface area contributed by atoms with Crippen molar-refractivity contribution < 1.29 is 14.3 Å². The smallest absolute Gasteiger partial charge is 0.411 e. The van der Waals surface area contributed by atoms with Crippen LogP contribution in [0.2, 0.25) is 10.0 Å². The number of nitrogens with zero attached hydrogens (tertiary/aromatic N) is 1. The molecular formula is C17H21Cl2NO3. The highest BCUT2D eigenvalue weighted by atomic mass is 35.5. The molecule has 2 atom stereocenters. The third-order valence-electron chi connectivity index (χ3n) is 3.78. The van der Waals surface area contributed by atoms with Crippen molar-refractivity contribution in [2.24, 2.45) is 0 Å². The molecule has 126 valence electrons. The van der Waals surface area contributed by atoms with Crippen LogP contribution in [-0.2, 0) is 4.74 Å². The van der Waals surface area contributed by atoms with E-state index in [1.165, 1.54) is 4.90 Å². The second-order valence-corrected chi connectivity index (χ2v) is 7.64. The Labute approximate surface area is 146 Å². The van der Waals surface area contributed by atoms with E-state index < -0.39 is 17.7 Å². The zero-order valence-corrected chi connectivity index (χ0v) is 15.2. The van der Waals surface area contributed by atoms with Crippen LogP contribution in [0.5, 0.6) is 0 Å². The zero-order chi connectivity index (χ0) is 17.4. The number of ether oxygens (including phenoxy) is 1. The van der Waals surface area contributed by atoms with Gasteiger partial charge in [0, 0.05) is 11.6 Å². The average Bonchev–Trinajstić information content (AvgIpc) is 2.81. The fourth-order valence-electron chi connectivity index (χ4n) is 2.71. The fourth-order valence-corrected chi connectivity index (χ4v) is 3.00. The third-order valence-corrected chi connectivity index (χ3v) is 4.52. The van der Waals surface area contributed by atoms with E-state index in [2.05, 4.69) is 0 Å². The van der Waals surface area contributed by atoms with Crippen LogP contribution in [0.4, 0.5) is 4.79 Å². The van der Waals surface area contributed by atoms with Gasteiger partial charge in [0.25, 0.3) is 0 Å². The molecule has 0 bridgehead atoms. The van der Waals surface area contributed by atoms with Crippen molar-refractivity contribution in [2.45, 2.75) is 58.2 Å². The molecule has 0 aliphatic carbocycles. The summed E-state index contributed by atoms with van der Waals surface area (Å²) in [4.78, 5) is 26.8. The molecule has 1 aromatic carbocycles. The Morgan fingerprint density at radius 1 is 1.17 bits per heavy atom. The lowest BCUT2D eigenvalue weighted by Crippen LogP contribution is -2.46. The quantitative estimate of drug-likeness (QED) is 0.702. The first-order valence-electron chi connectivity index (χ1n) is 7.61. The molecule has 0 spiro atoms. The Hall–Kier alpha value is -1.26. The van der Waals surface area contributed by atoms with Gasteiger partial charge in [0.2, 0.25) is 0 Å². The standard InChI is InChI=1S/C17H21Cl2NO3/c1-10-5-8-14(20(10)16(22)23-17(2,3)4)15(21)11-6-7-12(18)13(19)9-11/h6-7,9-10,14H,5,8H2,1-4H3/t10-,14-/m0/s1. The highest BCUT2D eigenvalue weighted by molar-refractivity contribution is 6.42. The number of hydrogen-bond acceptors (Lipinski definition) is 3. The van der Waals surface area contributed by atoms with Gasteiger partial charge in [-0.2, -0.15) is 0 Å². The van der Waals surface area contributed by atoms with Crippen LogP contribution in [0.25, 0.3) is 0 Å². The third kappa shape index (κ3) is 4.18. The van der Waals surface area contributed by atoms with Crippen molar-refractivity contribution in [1.29, 1.82) is 0 Å². The summed E-state index contributed by atoms with van der Waals surface area (Å²) < 4.78 is 5.44. The van der Waals surface area contributed by atoms with E-state index in [1.54, 1.807) is 39.0 Å². The Bertz CT molecular complexity index is 625. The normalized spacial score (nSPS) is 21.4. The lowest BCUT2D eigenvalue weighted by Gasteiger charge is -2.30. The molecule has 1 aliphatic rings. The van der Waals surface area contributed by atoms with Gasteiger partial charge < -0.3 is 4.74 Å². The van der Waals surface area contributed by atoms with Gasteiger partial charge >= 0.3 is 6.09 Å². The van der Waals surface area contributed by atoms with Gasteiger partial charge in [-0.05, 0) is 58.7 Å².